The zero-order valence-corrected chi connectivity index (χ0v) is 27.7. The quantitative estimate of drug-likeness (QED) is 0.225. The topological polar surface area (TPSA) is 96.3 Å². The van der Waals surface area contributed by atoms with E-state index >= 15 is 0 Å². The lowest BCUT2D eigenvalue weighted by molar-refractivity contribution is -0.273. The number of nitrogens with zero attached hydrogens (tertiary/aromatic N) is 1. The number of benzene rings is 4. The number of fused-ring (bicyclic) bond motifs is 4. The van der Waals surface area contributed by atoms with Gasteiger partial charge >= 0.3 is 0 Å². The fraction of sp³-hybridized carbons (Fsp3) is 0.368. The van der Waals surface area contributed by atoms with Crippen LogP contribution in [0.1, 0.15) is 45.3 Å². The summed E-state index contributed by atoms with van der Waals surface area (Å²) >= 11 is 0. The Morgan fingerprint density at radius 2 is 1.43 bits per heavy atom. The van der Waals surface area contributed by atoms with Gasteiger partial charge in [0.1, 0.15) is 5.75 Å². The maximum absolute atomic E-state index is 13.5. The zero-order chi connectivity index (χ0) is 32.4. The molecule has 2 aliphatic heterocycles. The number of carbonyl (C=O) groups excluding carboxylic acids is 2. The molecule has 0 spiro atoms. The minimum Gasteiger partial charge on any atom is -0.507 e. The smallest absolute Gasteiger partial charge is 0.261 e. The van der Waals surface area contributed by atoms with E-state index in [4.69, 9.17) is 9.16 Å². The number of amides is 2. The molecule has 0 unspecified atom stereocenters. The molecule has 238 valence electrons. The van der Waals surface area contributed by atoms with Crippen LogP contribution in [-0.2, 0) is 18.8 Å². The van der Waals surface area contributed by atoms with Gasteiger partial charge in [-0.05, 0) is 45.3 Å². The molecule has 7 nitrogen and oxygen atoms in total. The SMILES string of the molecule is CN1C(=O)[C@H]2[C@H](C[C@H](CO[Si](c3ccccc3)(c3ccccc3)C(C)(C)C)[C@@]3(O)O[C@H](c4ccc(O)c5ccccc45)C[C@@H]23)C1=O. The number of hydrogen-bond donors (Lipinski definition) is 2. The van der Waals surface area contributed by atoms with E-state index in [2.05, 4.69) is 45.0 Å². The first kappa shape index (κ1) is 30.8. The van der Waals surface area contributed by atoms with Crippen LogP contribution in [0, 0.1) is 23.7 Å². The van der Waals surface area contributed by atoms with Crippen molar-refractivity contribution < 1.29 is 29.0 Å². The minimum absolute atomic E-state index is 0.164. The Balaban J connectivity index is 1.31. The van der Waals surface area contributed by atoms with Crippen LogP contribution in [0.5, 0.6) is 5.75 Å². The van der Waals surface area contributed by atoms with E-state index in [1.165, 1.54) is 11.9 Å². The fourth-order valence-electron chi connectivity index (χ4n) is 8.60. The van der Waals surface area contributed by atoms with Crippen LogP contribution in [0.15, 0.2) is 97.1 Å². The van der Waals surface area contributed by atoms with Crippen molar-refractivity contribution in [3.05, 3.63) is 103 Å². The number of rotatable bonds is 6. The van der Waals surface area contributed by atoms with Gasteiger partial charge in [-0.2, -0.15) is 0 Å². The first-order valence-corrected chi connectivity index (χ1v) is 18.1. The standard InChI is InChI=1S/C38H41NO6Si/c1-37(2,3)46(25-13-7-5-8-14-25,26-15-9-6-10-16-26)44-23-24-21-30-34(36(42)39(4)35(30)41)31-22-33(45-38(24,31)43)29-19-20-32(40)28-18-12-11-17-27(28)29/h5-20,24,30-31,33-34,40,43H,21-23H2,1-4H3/t24-,30+,31+,33+,34+,38-/m1/s1. The van der Waals surface area contributed by atoms with E-state index in [1.54, 1.807) is 6.07 Å². The number of imide groups is 1. The third-order valence-corrected chi connectivity index (χ3v) is 15.8. The molecular weight excluding hydrogens is 595 g/mol. The molecule has 2 amide bonds. The summed E-state index contributed by atoms with van der Waals surface area (Å²) in [4.78, 5) is 28.2. The van der Waals surface area contributed by atoms with Gasteiger partial charge < -0.3 is 19.4 Å². The molecule has 7 rings (SSSR count). The van der Waals surface area contributed by atoms with Gasteiger partial charge in [-0.3, -0.25) is 14.5 Å². The highest BCUT2D eigenvalue weighted by Crippen LogP contribution is 2.59. The van der Waals surface area contributed by atoms with Crippen molar-refractivity contribution in [3.8, 4) is 5.75 Å². The number of likely N-dealkylation sites (tertiary alicyclic amines) is 1. The minimum atomic E-state index is -2.97. The van der Waals surface area contributed by atoms with E-state index in [9.17, 15) is 19.8 Å². The molecule has 4 aromatic carbocycles. The largest absolute Gasteiger partial charge is 0.507 e. The molecule has 2 heterocycles. The molecule has 3 fully saturated rings. The molecule has 3 aliphatic rings. The maximum Gasteiger partial charge on any atom is 0.261 e. The highest BCUT2D eigenvalue weighted by atomic mass is 28.4. The van der Waals surface area contributed by atoms with Gasteiger partial charge in [-0.1, -0.05) is 112 Å². The molecule has 1 saturated carbocycles. The Kier molecular flexibility index (Phi) is 7.47. The van der Waals surface area contributed by atoms with E-state index in [0.717, 1.165) is 21.3 Å². The maximum atomic E-state index is 13.5. The summed E-state index contributed by atoms with van der Waals surface area (Å²) in [6, 6.07) is 31.7. The van der Waals surface area contributed by atoms with Crippen molar-refractivity contribution in [2.45, 2.75) is 50.5 Å². The van der Waals surface area contributed by atoms with Gasteiger partial charge in [-0.25, -0.2) is 0 Å². The van der Waals surface area contributed by atoms with Crippen LogP contribution in [0.25, 0.3) is 10.8 Å². The molecule has 1 aliphatic carbocycles. The molecule has 4 aromatic rings. The van der Waals surface area contributed by atoms with Gasteiger partial charge in [-0.15, -0.1) is 0 Å². The average molecular weight is 636 g/mol. The lowest BCUT2D eigenvalue weighted by Crippen LogP contribution is -2.67. The Labute approximate surface area is 270 Å². The van der Waals surface area contributed by atoms with Crippen molar-refractivity contribution in [1.82, 2.24) is 4.90 Å². The van der Waals surface area contributed by atoms with Gasteiger partial charge in [0.15, 0.2) is 5.79 Å². The fourth-order valence-corrected chi connectivity index (χ4v) is 13.2. The van der Waals surface area contributed by atoms with Gasteiger partial charge in [0.25, 0.3) is 8.32 Å². The van der Waals surface area contributed by atoms with Crippen LogP contribution in [-0.4, -0.2) is 54.7 Å². The second kappa shape index (κ2) is 11.2. The Morgan fingerprint density at radius 3 is 2.04 bits per heavy atom. The number of phenols is 1. The summed E-state index contributed by atoms with van der Waals surface area (Å²) in [5, 5.41) is 26.7. The van der Waals surface area contributed by atoms with Gasteiger partial charge in [0.2, 0.25) is 11.8 Å². The number of phenolic OH excluding ortho intramolecular Hbond substituents is 1. The lowest BCUT2D eigenvalue weighted by Gasteiger charge is -2.48. The molecule has 46 heavy (non-hydrogen) atoms. The van der Waals surface area contributed by atoms with E-state index in [1.807, 2.05) is 66.7 Å². The first-order chi connectivity index (χ1) is 22.0. The molecule has 0 radical (unpaired) electrons. The molecular formula is C38H41NO6Si. The van der Waals surface area contributed by atoms with E-state index < -0.39 is 43.9 Å². The Hall–Kier alpha value is -3.82. The van der Waals surface area contributed by atoms with E-state index in [-0.39, 0.29) is 35.6 Å². The number of aliphatic hydroxyl groups is 1. The number of aromatic hydroxyl groups is 1. The van der Waals surface area contributed by atoms with Crippen molar-refractivity contribution in [1.29, 1.82) is 0 Å². The summed E-state index contributed by atoms with van der Waals surface area (Å²) in [7, 11) is -1.43. The van der Waals surface area contributed by atoms with Crippen LogP contribution in [0.4, 0.5) is 0 Å². The van der Waals surface area contributed by atoms with Gasteiger partial charge in [0, 0.05) is 30.9 Å². The van der Waals surface area contributed by atoms with Gasteiger partial charge in [0.05, 0.1) is 17.9 Å². The summed E-state index contributed by atoms with van der Waals surface area (Å²) in [6.07, 6.45) is 0.117. The third kappa shape index (κ3) is 4.57. The predicted octanol–water partition coefficient (Wildman–Crippen LogP) is 5.14. The summed E-state index contributed by atoms with van der Waals surface area (Å²) in [5.41, 5.74) is 0.838. The highest BCUT2D eigenvalue weighted by Gasteiger charge is 2.67. The molecule has 6 atom stereocenters. The summed E-state index contributed by atoms with van der Waals surface area (Å²) in [6.45, 7) is 6.79. The summed E-state index contributed by atoms with van der Waals surface area (Å²) in [5.74, 6) is -4.36. The first-order valence-electron chi connectivity index (χ1n) is 16.1. The second-order valence-corrected chi connectivity index (χ2v) is 18.5. The van der Waals surface area contributed by atoms with Crippen molar-refractivity contribution in [3.63, 3.8) is 0 Å². The summed E-state index contributed by atoms with van der Waals surface area (Å²) < 4.78 is 14.0. The third-order valence-electron chi connectivity index (χ3n) is 10.8. The van der Waals surface area contributed by atoms with Crippen LogP contribution >= 0.6 is 0 Å². The second-order valence-electron chi connectivity index (χ2n) is 14.2. The molecule has 8 heteroatoms. The molecule has 0 bridgehead atoms. The van der Waals surface area contributed by atoms with Crippen molar-refractivity contribution >= 4 is 41.3 Å². The van der Waals surface area contributed by atoms with Crippen LogP contribution < -0.4 is 10.4 Å². The normalized spacial score (nSPS) is 28.0. The lowest BCUT2D eigenvalue weighted by atomic mass is 9.64. The zero-order valence-electron chi connectivity index (χ0n) is 26.7. The van der Waals surface area contributed by atoms with Crippen molar-refractivity contribution in [2.75, 3.05) is 13.7 Å². The number of ether oxygens (including phenoxy) is 1. The van der Waals surface area contributed by atoms with Crippen molar-refractivity contribution in [2.24, 2.45) is 23.7 Å². The van der Waals surface area contributed by atoms with Crippen LogP contribution in [0.2, 0.25) is 5.04 Å². The monoisotopic (exact) mass is 635 g/mol. The molecule has 2 N–H and O–H groups in total. The Bertz CT molecular complexity index is 1750. The average Bonchev–Trinajstić information content (AvgIpc) is 3.51. The number of carbonyl (C=O) groups is 2. The highest BCUT2D eigenvalue weighted by molar-refractivity contribution is 6.99. The van der Waals surface area contributed by atoms with E-state index in [0.29, 0.717) is 11.8 Å². The molecule has 2 saturated heterocycles. The Morgan fingerprint density at radius 1 is 0.848 bits per heavy atom. The molecule has 0 aromatic heterocycles. The van der Waals surface area contributed by atoms with Crippen LogP contribution in [0.3, 0.4) is 0 Å². The number of hydrogen-bond acceptors (Lipinski definition) is 6. The predicted molar refractivity (Wildman–Crippen MR) is 179 cm³/mol.